The molecule has 0 bridgehead atoms. The first kappa shape index (κ1) is 18.1. The van der Waals surface area contributed by atoms with Crippen molar-refractivity contribution in [3.05, 3.63) is 35.4 Å². The van der Waals surface area contributed by atoms with E-state index in [-0.39, 0.29) is 18.1 Å². The summed E-state index contributed by atoms with van der Waals surface area (Å²) in [7, 11) is 0. The third-order valence-electron chi connectivity index (χ3n) is 4.67. The molecule has 2 nitrogen and oxygen atoms in total. The predicted molar refractivity (Wildman–Crippen MR) is 86.3 cm³/mol. The number of carbonyl (C=O) groups excluding carboxylic acids is 1. The van der Waals surface area contributed by atoms with Gasteiger partial charge in [-0.3, -0.25) is 0 Å². The predicted octanol–water partition coefficient (Wildman–Crippen LogP) is 4.84. The maximum absolute atomic E-state index is 13.7. The number of aryl methyl sites for hydroxylation is 1. The molecular formula is C19H26F2O2. The second-order valence-corrected chi connectivity index (χ2v) is 6.47. The van der Waals surface area contributed by atoms with Crippen LogP contribution in [0.3, 0.4) is 0 Å². The molecule has 2 rings (SSSR count). The number of hydrogen-bond donors (Lipinski definition) is 0. The molecule has 0 heterocycles. The van der Waals surface area contributed by atoms with Crippen LogP contribution in [0.1, 0.15) is 57.4 Å². The summed E-state index contributed by atoms with van der Waals surface area (Å²) in [6.45, 7) is 2.10. The lowest BCUT2D eigenvalue weighted by molar-refractivity contribution is -0.113. The van der Waals surface area contributed by atoms with Gasteiger partial charge in [-0.2, -0.15) is 0 Å². The van der Waals surface area contributed by atoms with E-state index in [9.17, 15) is 13.6 Å². The summed E-state index contributed by atoms with van der Waals surface area (Å²) < 4.78 is 33.2. The Labute approximate surface area is 137 Å². The van der Waals surface area contributed by atoms with Gasteiger partial charge in [0.05, 0.1) is 12.2 Å². The lowest BCUT2D eigenvalue weighted by atomic mass is 9.88. The molecule has 128 valence electrons. The molecule has 4 heteroatoms. The van der Waals surface area contributed by atoms with Crippen molar-refractivity contribution in [1.29, 1.82) is 0 Å². The van der Waals surface area contributed by atoms with Crippen LogP contribution in [0.2, 0.25) is 0 Å². The van der Waals surface area contributed by atoms with Crippen molar-refractivity contribution in [2.45, 2.75) is 70.5 Å². The molecule has 23 heavy (non-hydrogen) atoms. The van der Waals surface area contributed by atoms with E-state index in [2.05, 4.69) is 6.92 Å². The highest BCUT2D eigenvalue weighted by Crippen LogP contribution is 2.27. The van der Waals surface area contributed by atoms with E-state index in [1.807, 2.05) is 0 Å². The van der Waals surface area contributed by atoms with E-state index in [4.69, 9.17) is 4.74 Å². The van der Waals surface area contributed by atoms with Crippen molar-refractivity contribution in [2.24, 2.45) is 5.92 Å². The standard InChI is InChI=1S/C19H26F2O2/c1-2-4-16(23-17-10-7-14(13-22)8-11-17)12-9-15-5-3-6-18(20)19(15)21/h3,5-6,13-14,16-17H,2,4,7-12H2,1H3. The number of halogens is 2. The van der Waals surface area contributed by atoms with Crippen LogP contribution in [0.15, 0.2) is 18.2 Å². The SMILES string of the molecule is CCCC(CCc1cccc(F)c1F)OC1CCC(C=O)CC1. The summed E-state index contributed by atoms with van der Waals surface area (Å²) in [5, 5.41) is 0. The van der Waals surface area contributed by atoms with Crippen molar-refractivity contribution in [1.82, 2.24) is 0 Å². The average Bonchev–Trinajstić information content (AvgIpc) is 2.57. The maximum Gasteiger partial charge on any atom is 0.162 e. The highest BCUT2D eigenvalue weighted by molar-refractivity contribution is 5.53. The molecule has 0 spiro atoms. The molecule has 1 aromatic rings. The molecule has 1 atom stereocenters. The van der Waals surface area contributed by atoms with Gasteiger partial charge in [-0.25, -0.2) is 8.78 Å². The zero-order chi connectivity index (χ0) is 16.7. The van der Waals surface area contributed by atoms with Crippen LogP contribution in [0.4, 0.5) is 8.78 Å². The fraction of sp³-hybridized carbons (Fsp3) is 0.632. The van der Waals surface area contributed by atoms with Crippen molar-refractivity contribution in [3.63, 3.8) is 0 Å². The lowest BCUT2D eigenvalue weighted by Gasteiger charge is -2.29. The first-order chi connectivity index (χ1) is 11.1. The van der Waals surface area contributed by atoms with Crippen molar-refractivity contribution >= 4 is 6.29 Å². The van der Waals surface area contributed by atoms with Crippen LogP contribution in [0.25, 0.3) is 0 Å². The Bertz CT molecular complexity index is 496. The molecule has 0 amide bonds. The fourth-order valence-electron chi connectivity index (χ4n) is 3.29. The van der Waals surface area contributed by atoms with Gasteiger partial charge in [-0.05, 0) is 56.6 Å². The smallest absolute Gasteiger partial charge is 0.162 e. The van der Waals surface area contributed by atoms with Gasteiger partial charge in [0.2, 0.25) is 0 Å². The Balaban J connectivity index is 1.86. The van der Waals surface area contributed by atoms with Crippen molar-refractivity contribution in [2.75, 3.05) is 0 Å². The largest absolute Gasteiger partial charge is 0.375 e. The Morgan fingerprint density at radius 1 is 1.22 bits per heavy atom. The van der Waals surface area contributed by atoms with Crippen LogP contribution in [0, 0.1) is 17.6 Å². The minimum Gasteiger partial charge on any atom is -0.375 e. The van der Waals surface area contributed by atoms with Crippen LogP contribution in [-0.4, -0.2) is 18.5 Å². The summed E-state index contributed by atoms with van der Waals surface area (Å²) in [5.74, 6) is -1.35. The zero-order valence-corrected chi connectivity index (χ0v) is 13.8. The summed E-state index contributed by atoms with van der Waals surface area (Å²) in [4.78, 5) is 10.8. The van der Waals surface area contributed by atoms with E-state index in [0.717, 1.165) is 50.9 Å². The summed E-state index contributed by atoms with van der Waals surface area (Å²) >= 11 is 0. The van der Waals surface area contributed by atoms with Gasteiger partial charge in [-0.1, -0.05) is 25.5 Å². The molecule has 0 aromatic heterocycles. The molecular weight excluding hydrogens is 298 g/mol. The number of benzene rings is 1. The zero-order valence-electron chi connectivity index (χ0n) is 13.8. The van der Waals surface area contributed by atoms with Gasteiger partial charge >= 0.3 is 0 Å². The molecule has 0 N–H and O–H groups in total. The minimum atomic E-state index is -0.789. The highest BCUT2D eigenvalue weighted by atomic mass is 19.2. The fourth-order valence-corrected chi connectivity index (χ4v) is 3.29. The third kappa shape index (κ3) is 5.38. The molecule has 0 aliphatic heterocycles. The number of rotatable bonds is 8. The molecule has 1 fully saturated rings. The Hall–Kier alpha value is -1.29. The maximum atomic E-state index is 13.7. The molecule has 1 unspecified atom stereocenters. The summed E-state index contributed by atoms with van der Waals surface area (Å²) in [6, 6.07) is 4.32. The van der Waals surface area contributed by atoms with Gasteiger partial charge in [0.1, 0.15) is 6.29 Å². The van der Waals surface area contributed by atoms with Crippen LogP contribution in [-0.2, 0) is 16.0 Å². The second-order valence-electron chi connectivity index (χ2n) is 6.47. The number of aldehydes is 1. The summed E-state index contributed by atoms with van der Waals surface area (Å²) in [6.07, 6.45) is 8.03. The van der Waals surface area contributed by atoms with Crippen LogP contribution in [0.5, 0.6) is 0 Å². The van der Waals surface area contributed by atoms with Gasteiger partial charge < -0.3 is 9.53 Å². The molecule has 0 saturated heterocycles. The number of hydrogen-bond acceptors (Lipinski definition) is 2. The topological polar surface area (TPSA) is 26.3 Å². The molecule has 0 radical (unpaired) electrons. The molecule has 1 aliphatic rings. The minimum absolute atomic E-state index is 0.0699. The van der Waals surface area contributed by atoms with Gasteiger partial charge in [0.25, 0.3) is 0 Å². The van der Waals surface area contributed by atoms with Gasteiger partial charge in [0.15, 0.2) is 11.6 Å². The van der Waals surface area contributed by atoms with Gasteiger partial charge in [0, 0.05) is 5.92 Å². The molecule has 1 saturated carbocycles. The molecule has 1 aliphatic carbocycles. The molecule has 1 aromatic carbocycles. The second kappa shape index (κ2) is 9.11. The number of ether oxygens (including phenoxy) is 1. The number of carbonyl (C=O) groups is 1. The highest BCUT2D eigenvalue weighted by Gasteiger charge is 2.24. The van der Waals surface area contributed by atoms with Gasteiger partial charge in [-0.15, -0.1) is 0 Å². The average molecular weight is 324 g/mol. The Morgan fingerprint density at radius 2 is 1.96 bits per heavy atom. The first-order valence-corrected chi connectivity index (χ1v) is 8.67. The van der Waals surface area contributed by atoms with E-state index >= 15 is 0 Å². The monoisotopic (exact) mass is 324 g/mol. The van der Waals surface area contributed by atoms with Crippen molar-refractivity contribution in [3.8, 4) is 0 Å². The van der Waals surface area contributed by atoms with E-state index in [0.29, 0.717) is 18.4 Å². The van der Waals surface area contributed by atoms with E-state index < -0.39 is 11.6 Å². The normalized spacial score (nSPS) is 22.7. The van der Waals surface area contributed by atoms with E-state index in [1.165, 1.54) is 0 Å². The van der Waals surface area contributed by atoms with Crippen LogP contribution < -0.4 is 0 Å². The lowest BCUT2D eigenvalue weighted by Crippen LogP contribution is -2.27. The van der Waals surface area contributed by atoms with E-state index in [1.54, 1.807) is 12.1 Å². The van der Waals surface area contributed by atoms with Crippen molar-refractivity contribution < 1.29 is 18.3 Å². The van der Waals surface area contributed by atoms with Crippen LogP contribution >= 0.6 is 0 Å². The Morgan fingerprint density at radius 3 is 2.61 bits per heavy atom. The third-order valence-corrected chi connectivity index (χ3v) is 4.67. The Kier molecular flexibility index (Phi) is 7.15. The summed E-state index contributed by atoms with van der Waals surface area (Å²) in [5.41, 5.74) is 0.416. The first-order valence-electron chi connectivity index (χ1n) is 8.67. The quantitative estimate of drug-likeness (QED) is 0.640.